The number of aliphatic imine (C=N–C) groups is 2. The molecule has 0 aliphatic carbocycles. The lowest BCUT2D eigenvalue weighted by atomic mass is 10.0. The van der Waals surface area contributed by atoms with Gasteiger partial charge in [0, 0.05) is 21.2 Å². The molecule has 0 spiro atoms. The number of halogens is 2. The van der Waals surface area contributed by atoms with Crippen molar-refractivity contribution in [1.82, 2.24) is 5.43 Å². The molecule has 138 valence electrons. The fraction of sp³-hybridized carbons (Fsp3) is 0.158. The van der Waals surface area contributed by atoms with Crippen molar-refractivity contribution in [3.05, 3.63) is 63.6 Å². The normalized spacial score (nSPS) is 13.9. The van der Waals surface area contributed by atoms with E-state index in [2.05, 4.69) is 25.2 Å². The molecule has 0 radical (unpaired) electrons. The van der Waals surface area contributed by atoms with Gasteiger partial charge >= 0.3 is 5.97 Å². The first-order valence-corrected chi connectivity index (χ1v) is 8.80. The summed E-state index contributed by atoms with van der Waals surface area (Å²) >= 11 is 12.6. The minimum atomic E-state index is -0.524. The summed E-state index contributed by atoms with van der Waals surface area (Å²) in [6, 6.07) is 12.8. The number of nitrogens with zero attached hydrogens (tertiary/aromatic N) is 3. The van der Waals surface area contributed by atoms with Crippen LogP contribution < -0.4 is 5.43 Å². The molecule has 1 N–H and O–H groups in total. The molecule has 0 unspecified atom stereocenters. The van der Waals surface area contributed by atoms with Crippen molar-refractivity contribution in [3.8, 4) is 0 Å². The number of rotatable bonds is 3. The Hall–Kier alpha value is -2.70. The average molecular weight is 403 g/mol. The van der Waals surface area contributed by atoms with Crippen LogP contribution in [-0.4, -0.2) is 36.9 Å². The van der Waals surface area contributed by atoms with Crippen LogP contribution in [-0.2, 0) is 9.53 Å². The van der Waals surface area contributed by atoms with Gasteiger partial charge in [-0.25, -0.2) is 9.79 Å². The summed E-state index contributed by atoms with van der Waals surface area (Å²) in [7, 11) is 1.30. The standard InChI is InChI=1S/C19H16Cl2N4O2/c1-11(19(26)27-2)24-25-17-10-22-18(13-5-3-4-6-15(13)21)14-9-12(20)7-8-16(14)23-17/h3-9H,10H2,1-2H3,(H,23,25). The smallest absolute Gasteiger partial charge is 0.353 e. The maximum atomic E-state index is 11.5. The summed E-state index contributed by atoms with van der Waals surface area (Å²) in [6.45, 7) is 1.77. The van der Waals surface area contributed by atoms with Gasteiger partial charge < -0.3 is 4.74 Å². The van der Waals surface area contributed by atoms with Gasteiger partial charge in [-0.1, -0.05) is 41.4 Å². The number of carbonyl (C=O) groups is 1. The van der Waals surface area contributed by atoms with Crippen LogP contribution in [0.3, 0.4) is 0 Å². The maximum Gasteiger partial charge on any atom is 0.353 e. The Morgan fingerprint density at radius 2 is 1.96 bits per heavy atom. The molecular formula is C19H16Cl2N4O2. The van der Waals surface area contributed by atoms with E-state index in [1.54, 1.807) is 31.2 Å². The Morgan fingerprint density at radius 3 is 2.70 bits per heavy atom. The van der Waals surface area contributed by atoms with Gasteiger partial charge in [-0.05, 0) is 31.2 Å². The number of benzene rings is 2. The molecule has 0 atom stereocenters. The first-order valence-electron chi connectivity index (χ1n) is 8.05. The van der Waals surface area contributed by atoms with Crippen molar-refractivity contribution in [1.29, 1.82) is 0 Å². The zero-order valence-electron chi connectivity index (χ0n) is 14.7. The van der Waals surface area contributed by atoms with E-state index in [9.17, 15) is 4.79 Å². The highest BCUT2D eigenvalue weighted by Gasteiger charge is 2.18. The molecule has 0 aromatic heterocycles. The molecule has 3 rings (SSSR count). The molecule has 0 amide bonds. The molecule has 6 nitrogen and oxygen atoms in total. The SMILES string of the molecule is COC(=O)C(C)=NNC1=Nc2ccc(Cl)cc2C(c2ccccc2Cl)=NC1. The van der Waals surface area contributed by atoms with Gasteiger partial charge in [-0.15, -0.1) is 0 Å². The number of esters is 1. The molecule has 0 saturated carbocycles. The summed E-state index contributed by atoms with van der Waals surface area (Å²) < 4.78 is 4.63. The summed E-state index contributed by atoms with van der Waals surface area (Å²) in [6.07, 6.45) is 0. The minimum Gasteiger partial charge on any atom is -0.464 e. The van der Waals surface area contributed by atoms with Crippen molar-refractivity contribution in [3.63, 3.8) is 0 Å². The maximum absolute atomic E-state index is 11.5. The predicted molar refractivity (Wildman–Crippen MR) is 109 cm³/mol. The van der Waals surface area contributed by atoms with Crippen LogP contribution >= 0.6 is 23.2 Å². The van der Waals surface area contributed by atoms with Crippen LogP contribution in [0.5, 0.6) is 0 Å². The monoisotopic (exact) mass is 402 g/mol. The van der Waals surface area contributed by atoms with Crippen molar-refractivity contribution < 1.29 is 9.53 Å². The van der Waals surface area contributed by atoms with Gasteiger partial charge in [-0.3, -0.25) is 10.4 Å². The zero-order valence-corrected chi connectivity index (χ0v) is 16.2. The van der Waals surface area contributed by atoms with E-state index in [-0.39, 0.29) is 12.3 Å². The Morgan fingerprint density at radius 1 is 1.19 bits per heavy atom. The minimum absolute atomic E-state index is 0.177. The second kappa shape index (κ2) is 8.33. The number of ether oxygens (including phenoxy) is 1. The molecule has 8 heteroatoms. The average Bonchev–Trinajstić information content (AvgIpc) is 2.85. The summed E-state index contributed by atoms with van der Waals surface area (Å²) in [5.74, 6) is -0.0481. The molecule has 2 aromatic rings. The Labute approximate surface area is 166 Å². The van der Waals surface area contributed by atoms with E-state index >= 15 is 0 Å². The van der Waals surface area contributed by atoms with Gasteiger partial charge in [0.05, 0.1) is 25.1 Å². The number of fused-ring (bicyclic) bond motifs is 1. The molecule has 1 aliphatic rings. The van der Waals surface area contributed by atoms with Crippen molar-refractivity contribution in [2.75, 3.05) is 13.7 Å². The van der Waals surface area contributed by atoms with Gasteiger partial charge in [-0.2, -0.15) is 5.10 Å². The first kappa shape index (κ1) is 19.1. The third kappa shape index (κ3) is 4.35. The van der Waals surface area contributed by atoms with E-state index in [1.807, 2.05) is 18.2 Å². The number of hydrazone groups is 1. The lowest BCUT2D eigenvalue weighted by Gasteiger charge is -2.10. The third-order valence-electron chi connectivity index (χ3n) is 3.82. The number of amidine groups is 1. The van der Waals surface area contributed by atoms with Crippen LogP contribution in [0.25, 0.3) is 0 Å². The van der Waals surface area contributed by atoms with Crippen molar-refractivity contribution in [2.24, 2.45) is 15.1 Å². The highest BCUT2D eigenvalue weighted by Crippen LogP contribution is 2.30. The highest BCUT2D eigenvalue weighted by molar-refractivity contribution is 6.37. The second-order valence-corrected chi connectivity index (χ2v) is 6.51. The van der Waals surface area contributed by atoms with Gasteiger partial charge in [0.2, 0.25) is 0 Å². The molecule has 27 heavy (non-hydrogen) atoms. The number of hydrogen-bond acceptors (Lipinski definition) is 6. The van der Waals surface area contributed by atoms with Gasteiger partial charge in [0.15, 0.2) is 0 Å². The highest BCUT2D eigenvalue weighted by atomic mass is 35.5. The molecular weight excluding hydrogens is 387 g/mol. The van der Waals surface area contributed by atoms with Crippen LogP contribution in [0.4, 0.5) is 5.69 Å². The lowest BCUT2D eigenvalue weighted by Crippen LogP contribution is -2.24. The molecule has 0 saturated heterocycles. The van der Waals surface area contributed by atoms with E-state index < -0.39 is 5.97 Å². The molecule has 2 aromatic carbocycles. The number of methoxy groups -OCH3 is 1. The van der Waals surface area contributed by atoms with E-state index in [1.165, 1.54) is 7.11 Å². The second-order valence-electron chi connectivity index (χ2n) is 5.67. The predicted octanol–water partition coefficient (Wildman–Crippen LogP) is 4.01. The van der Waals surface area contributed by atoms with Gasteiger partial charge in [0.1, 0.15) is 11.5 Å². The Kier molecular flexibility index (Phi) is 5.88. The molecule has 0 fully saturated rings. The van der Waals surface area contributed by atoms with Crippen LogP contribution in [0.2, 0.25) is 10.0 Å². The molecule has 1 aliphatic heterocycles. The van der Waals surface area contributed by atoms with E-state index in [4.69, 9.17) is 23.2 Å². The molecule has 0 bridgehead atoms. The fourth-order valence-corrected chi connectivity index (χ4v) is 2.90. The topological polar surface area (TPSA) is 75.4 Å². The summed E-state index contributed by atoms with van der Waals surface area (Å²) in [5.41, 5.74) is 5.87. The lowest BCUT2D eigenvalue weighted by molar-refractivity contribution is -0.132. The quantitative estimate of drug-likeness (QED) is 0.478. The van der Waals surface area contributed by atoms with Crippen molar-refractivity contribution in [2.45, 2.75) is 6.92 Å². The Balaban J connectivity index is 2.02. The summed E-state index contributed by atoms with van der Waals surface area (Å²) in [5, 5.41) is 5.16. The zero-order chi connectivity index (χ0) is 19.4. The number of nitrogens with one attached hydrogen (secondary N) is 1. The molecule has 1 heterocycles. The summed E-state index contributed by atoms with van der Waals surface area (Å²) in [4.78, 5) is 20.7. The van der Waals surface area contributed by atoms with Crippen LogP contribution in [0.15, 0.2) is 57.6 Å². The number of carbonyl (C=O) groups excluding carboxylic acids is 1. The fourth-order valence-electron chi connectivity index (χ4n) is 2.50. The van der Waals surface area contributed by atoms with E-state index in [0.717, 1.165) is 11.1 Å². The van der Waals surface area contributed by atoms with Crippen LogP contribution in [0, 0.1) is 0 Å². The van der Waals surface area contributed by atoms with Crippen molar-refractivity contribution >= 4 is 52.1 Å². The first-order chi connectivity index (χ1) is 13.0. The van der Waals surface area contributed by atoms with Crippen LogP contribution in [0.1, 0.15) is 18.1 Å². The largest absolute Gasteiger partial charge is 0.464 e. The third-order valence-corrected chi connectivity index (χ3v) is 4.38. The van der Waals surface area contributed by atoms with E-state index in [0.29, 0.717) is 27.3 Å². The Bertz CT molecular complexity index is 983. The van der Waals surface area contributed by atoms with Gasteiger partial charge in [0.25, 0.3) is 0 Å². The number of hydrogen-bond donors (Lipinski definition) is 1.